The maximum Gasteiger partial charge on any atom is 0.325 e. The van der Waals surface area contributed by atoms with Gasteiger partial charge in [-0.15, -0.1) is 0 Å². The highest BCUT2D eigenvalue weighted by Crippen LogP contribution is 2.34. The number of carbonyl (C=O) groups is 4. The van der Waals surface area contributed by atoms with Gasteiger partial charge in [-0.05, 0) is 43.2 Å². The third kappa shape index (κ3) is 7.78. The summed E-state index contributed by atoms with van der Waals surface area (Å²) >= 11 is 0. The molecule has 0 aliphatic carbocycles. The summed E-state index contributed by atoms with van der Waals surface area (Å²) in [6.45, 7) is 9.34. The van der Waals surface area contributed by atoms with E-state index in [1.165, 1.54) is 11.8 Å². The van der Waals surface area contributed by atoms with E-state index < -0.39 is 42.1 Å². The number of unbranched alkanes of at least 4 members (excludes halogenated alkanes) is 1. The Labute approximate surface area is 213 Å². The minimum atomic E-state index is -1.16. The molecule has 0 saturated carbocycles. The fraction of sp³-hybridized carbons (Fsp3) is 0.630. The van der Waals surface area contributed by atoms with E-state index in [2.05, 4.69) is 12.2 Å². The van der Waals surface area contributed by atoms with Crippen LogP contribution in [-0.2, 0) is 30.3 Å². The lowest BCUT2D eigenvalue weighted by molar-refractivity contribution is -0.155. The number of para-hydroxylation sites is 1. The topological polar surface area (TPSA) is 139 Å². The van der Waals surface area contributed by atoms with Crippen LogP contribution >= 0.6 is 0 Å². The van der Waals surface area contributed by atoms with Crippen LogP contribution in [0.25, 0.3) is 0 Å². The van der Waals surface area contributed by atoms with Crippen molar-refractivity contribution in [3.8, 4) is 0 Å². The maximum atomic E-state index is 13.7. The molecule has 9 heteroatoms. The summed E-state index contributed by atoms with van der Waals surface area (Å²) in [7, 11) is 0. The number of esters is 1. The minimum Gasteiger partial charge on any atom is -0.480 e. The van der Waals surface area contributed by atoms with Crippen LogP contribution in [0.1, 0.15) is 72.3 Å². The Hall–Kier alpha value is -2.94. The molecule has 2 rings (SSSR count). The number of carboxylic acids is 1. The lowest BCUT2D eigenvalue weighted by Crippen LogP contribution is -2.52. The smallest absolute Gasteiger partial charge is 0.325 e. The van der Waals surface area contributed by atoms with Gasteiger partial charge < -0.3 is 20.9 Å². The van der Waals surface area contributed by atoms with Crippen LogP contribution in [-0.4, -0.2) is 53.1 Å². The van der Waals surface area contributed by atoms with Gasteiger partial charge in [-0.1, -0.05) is 58.7 Å². The number of ether oxygens (including phenoxy) is 1. The number of hydrogen-bond donors (Lipinski definition) is 3. The van der Waals surface area contributed by atoms with E-state index in [0.29, 0.717) is 12.1 Å². The van der Waals surface area contributed by atoms with Gasteiger partial charge in [0.1, 0.15) is 24.2 Å². The van der Waals surface area contributed by atoms with E-state index in [0.717, 1.165) is 24.8 Å². The van der Waals surface area contributed by atoms with Crippen molar-refractivity contribution >= 4 is 29.4 Å². The highest BCUT2D eigenvalue weighted by atomic mass is 16.5. The van der Waals surface area contributed by atoms with Gasteiger partial charge in [0.05, 0.1) is 6.42 Å². The molecule has 0 spiro atoms. The van der Waals surface area contributed by atoms with Crippen molar-refractivity contribution in [2.45, 2.75) is 97.4 Å². The molecule has 0 bridgehead atoms. The number of anilines is 1. The average molecular weight is 504 g/mol. The molecule has 1 aromatic carbocycles. The number of rotatable bonds is 13. The lowest BCUT2D eigenvalue weighted by atomic mass is 9.94. The number of aliphatic carboxylic acids is 1. The zero-order valence-corrected chi connectivity index (χ0v) is 22.0. The molecule has 36 heavy (non-hydrogen) atoms. The zero-order valence-electron chi connectivity index (χ0n) is 22.0. The lowest BCUT2D eigenvalue weighted by Gasteiger charge is -2.30. The van der Waals surface area contributed by atoms with Gasteiger partial charge >= 0.3 is 11.9 Å². The Bertz CT molecular complexity index is 934. The van der Waals surface area contributed by atoms with E-state index >= 15 is 0 Å². The van der Waals surface area contributed by atoms with Gasteiger partial charge in [0, 0.05) is 12.1 Å². The van der Waals surface area contributed by atoms with Crippen LogP contribution in [0.4, 0.5) is 5.69 Å². The van der Waals surface area contributed by atoms with E-state index in [1.54, 1.807) is 12.1 Å². The molecule has 1 heterocycles. The van der Waals surface area contributed by atoms with Crippen LogP contribution < -0.4 is 16.0 Å². The van der Waals surface area contributed by atoms with E-state index in [9.17, 15) is 24.3 Å². The monoisotopic (exact) mass is 503 g/mol. The number of nitrogens with zero attached hydrogens (tertiary/aromatic N) is 1. The second-order valence-electron chi connectivity index (χ2n) is 10.2. The van der Waals surface area contributed by atoms with Crippen molar-refractivity contribution in [1.82, 2.24) is 5.32 Å². The summed E-state index contributed by atoms with van der Waals surface area (Å²) in [5.74, 6) is -2.45. The second-order valence-corrected chi connectivity index (χ2v) is 10.2. The Morgan fingerprint density at radius 1 is 1.17 bits per heavy atom. The molecule has 200 valence electrons. The van der Waals surface area contributed by atoms with Crippen molar-refractivity contribution in [3.63, 3.8) is 0 Å². The average Bonchev–Trinajstić information content (AvgIpc) is 3.21. The van der Waals surface area contributed by atoms with E-state index in [4.69, 9.17) is 10.5 Å². The summed E-state index contributed by atoms with van der Waals surface area (Å²) in [4.78, 5) is 52.1. The summed E-state index contributed by atoms with van der Waals surface area (Å²) < 4.78 is 5.79. The first-order valence-electron chi connectivity index (χ1n) is 12.8. The van der Waals surface area contributed by atoms with Crippen LogP contribution in [0, 0.1) is 11.8 Å². The van der Waals surface area contributed by atoms with Crippen LogP contribution in [0.15, 0.2) is 24.3 Å². The van der Waals surface area contributed by atoms with Gasteiger partial charge in [-0.25, -0.2) is 0 Å². The zero-order chi connectivity index (χ0) is 27.0. The molecule has 0 aromatic heterocycles. The summed E-state index contributed by atoms with van der Waals surface area (Å²) in [6, 6.07) is 4.47. The number of fused-ring (bicyclic) bond motifs is 1. The van der Waals surface area contributed by atoms with Gasteiger partial charge in [0.15, 0.2) is 0 Å². The minimum absolute atomic E-state index is 0.0822. The number of hydrogen-bond acceptors (Lipinski definition) is 6. The molecular formula is C27H41N3O6. The quantitative estimate of drug-likeness (QED) is 0.352. The predicted octanol–water partition coefficient (Wildman–Crippen LogP) is 3.04. The molecule has 0 radical (unpaired) electrons. The summed E-state index contributed by atoms with van der Waals surface area (Å²) in [6.07, 6.45) is 2.63. The van der Waals surface area contributed by atoms with Crippen molar-refractivity contribution in [3.05, 3.63) is 29.8 Å². The number of nitrogens with one attached hydrogen (secondary N) is 1. The van der Waals surface area contributed by atoms with E-state index in [1.807, 2.05) is 32.9 Å². The first-order chi connectivity index (χ1) is 17.0. The number of amides is 2. The van der Waals surface area contributed by atoms with Crippen LogP contribution in [0.2, 0.25) is 0 Å². The summed E-state index contributed by atoms with van der Waals surface area (Å²) in [5, 5.41) is 11.7. The molecule has 9 nitrogen and oxygen atoms in total. The maximum absolute atomic E-state index is 13.7. The number of carboxylic acid groups (broad SMARTS) is 1. The largest absolute Gasteiger partial charge is 0.480 e. The molecule has 1 aliphatic rings. The van der Waals surface area contributed by atoms with Crippen molar-refractivity contribution < 1.29 is 29.0 Å². The SMILES string of the molecule is CCCC[C@H](C)[C@H](CC(=O)N1c2ccccc2C[C@H]1C(=O)N[C@@H](C)C(=O)O)OC(=O)[C@H](N)CC(C)C. The molecule has 2 amide bonds. The number of nitrogens with two attached hydrogens (primary N) is 1. The molecule has 1 aliphatic heterocycles. The Balaban J connectivity index is 2.28. The molecule has 5 atom stereocenters. The molecular weight excluding hydrogens is 462 g/mol. The molecule has 0 fully saturated rings. The standard InChI is InChI=1S/C27H41N3O6/c1-6-7-10-17(4)23(36-27(35)20(28)13-16(2)3)15-24(31)30-21-12-9-8-11-19(21)14-22(30)25(32)29-18(5)26(33)34/h8-9,11-12,16-18,20,22-23H,6-7,10,13-15,28H2,1-5H3,(H,29,32)(H,33,34)/t17-,18-,20+,22-,23-/m0/s1. The third-order valence-electron chi connectivity index (χ3n) is 6.60. The van der Waals surface area contributed by atoms with Crippen molar-refractivity contribution in [1.29, 1.82) is 0 Å². The second kappa shape index (κ2) is 13.4. The van der Waals surface area contributed by atoms with Gasteiger partial charge in [-0.3, -0.25) is 24.1 Å². The van der Waals surface area contributed by atoms with Crippen molar-refractivity contribution in [2.75, 3.05) is 4.90 Å². The fourth-order valence-electron chi connectivity index (χ4n) is 4.46. The molecule has 0 saturated heterocycles. The molecule has 0 unspecified atom stereocenters. The van der Waals surface area contributed by atoms with Crippen LogP contribution in [0.5, 0.6) is 0 Å². The van der Waals surface area contributed by atoms with Gasteiger partial charge in [-0.2, -0.15) is 0 Å². The van der Waals surface area contributed by atoms with Gasteiger partial charge in [0.25, 0.3) is 0 Å². The van der Waals surface area contributed by atoms with E-state index in [-0.39, 0.29) is 30.6 Å². The predicted molar refractivity (Wildman–Crippen MR) is 137 cm³/mol. The normalized spacial score (nSPS) is 18.2. The number of carbonyl (C=O) groups excluding carboxylic acids is 3. The number of benzene rings is 1. The highest BCUT2D eigenvalue weighted by molar-refractivity contribution is 6.04. The van der Waals surface area contributed by atoms with Crippen molar-refractivity contribution in [2.24, 2.45) is 17.6 Å². The first kappa shape index (κ1) is 29.3. The Morgan fingerprint density at radius 3 is 2.44 bits per heavy atom. The third-order valence-corrected chi connectivity index (χ3v) is 6.60. The highest BCUT2D eigenvalue weighted by Gasteiger charge is 2.40. The fourth-order valence-corrected chi connectivity index (χ4v) is 4.46. The van der Waals surface area contributed by atoms with Crippen LogP contribution in [0.3, 0.4) is 0 Å². The first-order valence-corrected chi connectivity index (χ1v) is 12.8. The van der Waals surface area contributed by atoms with Gasteiger partial charge in [0.2, 0.25) is 11.8 Å². The Kier molecular flexibility index (Phi) is 10.9. The Morgan fingerprint density at radius 2 is 1.83 bits per heavy atom. The summed E-state index contributed by atoms with van der Waals surface area (Å²) in [5.41, 5.74) is 7.47. The molecule has 1 aromatic rings. The molecule has 4 N–H and O–H groups in total.